The SMILES string of the molecule is CC(C)(C)c1ccc(O)c(NC(=O)CCN2CCCCC2)c1. The molecule has 1 heterocycles. The van der Waals surface area contributed by atoms with Gasteiger partial charge >= 0.3 is 0 Å². The maximum Gasteiger partial charge on any atom is 0.225 e. The summed E-state index contributed by atoms with van der Waals surface area (Å²) in [6.45, 7) is 9.33. The molecule has 1 saturated heterocycles. The molecule has 0 spiro atoms. The number of benzene rings is 1. The molecule has 1 aromatic carbocycles. The van der Waals surface area contributed by atoms with E-state index in [0.29, 0.717) is 12.1 Å². The third kappa shape index (κ3) is 4.73. The van der Waals surface area contributed by atoms with E-state index in [1.54, 1.807) is 6.07 Å². The van der Waals surface area contributed by atoms with E-state index < -0.39 is 0 Å². The first-order valence-electron chi connectivity index (χ1n) is 8.22. The van der Waals surface area contributed by atoms with Crippen LogP contribution in [0, 0.1) is 0 Å². The summed E-state index contributed by atoms with van der Waals surface area (Å²) in [5.41, 5.74) is 1.59. The van der Waals surface area contributed by atoms with Crippen LogP contribution in [0.3, 0.4) is 0 Å². The van der Waals surface area contributed by atoms with Gasteiger partial charge in [-0.1, -0.05) is 33.3 Å². The normalized spacial score (nSPS) is 16.5. The summed E-state index contributed by atoms with van der Waals surface area (Å²) in [4.78, 5) is 14.5. The predicted octanol–water partition coefficient (Wildman–Crippen LogP) is 3.50. The van der Waals surface area contributed by atoms with Gasteiger partial charge in [0.2, 0.25) is 5.91 Å². The van der Waals surface area contributed by atoms with Crippen molar-refractivity contribution < 1.29 is 9.90 Å². The fraction of sp³-hybridized carbons (Fsp3) is 0.611. The third-order valence-corrected chi connectivity index (χ3v) is 4.24. The molecule has 122 valence electrons. The van der Waals surface area contributed by atoms with Crippen LogP contribution in [-0.4, -0.2) is 35.5 Å². The highest BCUT2D eigenvalue weighted by molar-refractivity contribution is 5.92. The van der Waals surface area contributed by atoms with Crippen LogP contribution in [0.4, 0.5) is 5.69 Å². The highest BCUT2D eigenvalue weighted by Crippen LogP contribution is 2.30. The Balaban J connectivity index is 1.93. The van der Waals surface area contributed by atoms with Crippen molar-refractivity contribution in [1.29, 1.82) is 0 Å². The van der Waals surface area contributed by atoms with Crippen LogP contribution >= 0.6 is 0 Å². The summed E-state index contributed by atoms with van der Waals surface area (Å²) >= 11 is 0. The molecule has 1 aliphatic heterocycles. The molecule has 0 aromatic heterocycles. The van der Waals surface area contributed by atoms with Crippen LogP contribution in [0.5, 0.6) is 5.75 Å². The van der Waals surface area contributed by atoms with Crippen molar-refractivity contribution >= 4 is 11.6 Å². The summed E-state index contributed by atoms with van der Waals surface area (Å²) in [6, 6.07) is 5.42. The predicted molar refractivity (Wildman–Crippen MR) is 90.3 cm³/mol. The zero-order valence-electron chi connectivity index (χ0n) is 14.0. The zero-order valence-corrected chi connectivity index (χ0v) is 14.0. The highest BCUT2D eigenvalue weighted by atomic mass is 16.3. The lowest BCUT2D eigenvalue weighted by Crippen LogP contribution is -2.32. The number of carbonyl (C=O) groups excluding carboxylic acids is 1. The number of amides is 1. The Morgan fingerprint density at radius 1 is 1.23 bits per heavy atom. The van der Waals surface area contributed by atoms with Crippen molar-refractivity contribution in [2.45, 2.75) is 51.9 Å². The number of phenolic OH excluding ortho intramolecular Hbond substituents is 1. The third-order valence-electron chi connectivity index (χ3n) is 4.24. The number of hydrogen-bond donors (Lipinski definition) is 2. The number of hydrogen-bond acceptors (Lipinski definition) is 3. The van der Waals surface area contributed by atoms with Crippen molar-refractivity contribution in [3.63, 3.8) is 0 Å². The topological polar surface area (TPSA) is 52.6 Å². The first-order chi connectivity index (χ1) is 10.4. The summed E-state index contributed by atoms with van der Waals surface area (Å²) in [6.07, 6.45) is 4.24. The lowest BCUT2D eigenvalue weighted by Gasteiger charge is -2.26. The summed E-state index contributed by atoms with van der Waals surface area (Å²) in [5.74, 6) is 0.0891. The molecule has 0 unspecified atom stereocenters. The first-order valence-corrected chi connectivity index (χ1v) is 8.22. The molecule has 0 atom stereocenters. The number of likely N-dealkylation sites (tertiary alicyclic amines) is 1. The van der Waals surface area contributed by atoms with Gasteiger partial charge in [-0.25, -0.2) is 0 Å². The average molecular weight is 304 g/mol. The van der Waals surface area contributed by atoms with Gasteiger partial charge in [-0.15, -0.1) is 0 Å². The lowest BCUT2D eigenvalue weighted by molar-refractivity contribution is -0.116. The maximum atomic E-state index is 12.1. The van der Waals surface area contributed by atoms with Crippen molar-refractivity contribution in [2.24, 2.45) is 0 Å². The fourth-order valence-corrected chi connectivity index (χ4v) is 2.76. The molecule has 1 aliphatic rings. The van der Waals surface area contributed by atoms with Crippen molar-refractivity contribution in [3.8, 4) is 5.75 Å². The summed E-state index contributed by atoms with van der Waals surface area (Å²) in [5, 5.41) is 12.8. The van der Waals surface area contributed by atoms with E-state index >= 15 is 0 Å². The minimum absolute atomic E-state index is 0.0129. The van der Waals surface area contributed by atoms with Gasteiger partial charge in [0, 0.05) is 13.0 Å². The number of piperidine rings is 1. The molecule has 0 bridgehead atoms. The maximum absolute atomic E-state index is 12.1. The second-order valence-corrected chi connectivity index (χ2v) is 7.18. The van der Waals surface area contributed by atoms with Crippen LogP contribution < -0.4 is 5.32 Å². The van der Waals surface area contributed by atoms with Crippen LogP contribution in [-0.2, 0) is 10.2 Å². The van der Waals surface area contributed by atoms with E-state index in [9.17, 15) is 9.90 Å². The van der Waals surface area contributed by atoms with Crippen LogP contribution in [0.15, 0.2) is 18.2 Å². The van der Waals surface area contributed by atoms with Gasteiger partial charge in [-0.05, 0) is 49.0 Å². The molecule has 1 amide bonds. The minimum atomic E-state index is -0.0352. The second kappa shape index (κ2) is 7.14. The second-order valence-electron chi connectivity index (χ2n) is 7.18. The van der Waals surface area contributed by atoms with Gasteiger partial charge in [0.25, 0.3) is 0 Å². The molecule has 2 rings (SSSR count). The van der Waals surface area contributed by atoms with E-state index in [1.165, 1.54) is 19.3 Å². The molecule has 0 radical (unpaired) electrons. The Morgan fingerprint density at radius 2 is 1.91 bits per heavy atom. The van der Waals surface area contributed by atoms with Crippen molar-refractivity contribution in [1.82, 2.24) is 4.90 Å². The highest BCUT2D eigenvalue weighted by Gasteiger charge is 2.17. The minimum Gasteiger partial charge on any atom is -0.506 e. The Labute approximate surface area is 133 Å². The molecule has 1 fully saturated rings. The zero-order chi connectivity index (χ0) is 16.2. The Kier molecular flexibility index (Phi) is 5.46. The van der Waals surface area contributed by atoms with Gasteiger partial charge in [0.15, 0.2) is 0 Å². The van der Waals surface area contributed by atoms with E-state index in [1.807, 2.05) is 12.1 Å². The molecular formula is C18H28N2O2. The quantitative estimate of drug-likeness (QED) is 0.837. The molecule has 2 N–H and O–H groups in total. The van der Waals surface area contributed by atoms with Crippen molar-refractivity contribution in [3.05, 3.63) is 23.8 Å². The van der Waals surface area contributed by atoms with Gasteiger partial charge in [-0.2, -0.15) is 0 Å². The van der Waals surface area contributed by atoms with Gasteiger partial charge in [0.05, 0.1) is 5.69 Å². The molecule has 4 nitrogen and oxygen atoms in total. The van der Waals surface area contributed by atoms with Crippen LogP contribution in [0.2, 0.25) is 0 Å². The van der Waals surface area contributed by atoms with Crippen LogP contribution in [0.1, 0.15) is 52.0 Å². The molecule has 4 heteroatoms. The largest absolute Gasteiger partial charge is 0.506 e. The summed E-state index contributed by atoms with van der Waals surface area (Å²) in [7, 11) is 0. The number of nitrogens with zero attached hydrogens (tertiary/aromatic N) is 1. The number of anilines is 1. The Bertz CT molecular complexity index is 514. The van der Waals surface area contributed by atoms with E-state index in [2.05, 4.69) is 31.0 Å². The smallest absolute Gasteiger partial charge is 0.225 e. The van der Waals surface area contributed by atoms with Gasteiger partial charge < -0.3 is 15.3 Å². The number of nitrogens with one attached hydrogen (secondary N) is 1. The van der Waals surface area contributed by atoms with E-state index in [0.717, 1.165) is 25.2 Å². The molecule has 0 saturated carbocycles. The molecule has 0 aliphatic carbocycles. The molecule has 22 heavy (non-hydrogen) atoms. The van der Waals surface area contributed by atoms with E-state index in [-0.39, 0.29) is 17.1 Å². The Morgan fingerprint density at radius 3 is 2.55 bits per heavy atom. The average Bonchev–Trinajstić information content (AvgIpc) is 2.47. The van der Waals surface area contributed by atoms with Gasteiger partial charge in [0.1, 0.15) is 5.75 Å². The Hall–Kier alpha value is -1.55. The fourth-order valence-electron chi connectivity index (χ4n) is 2.76. The number of phenols is 1. The monoisotopic (exact) mass is 304 g/mol. The lowest BCUT2D eigenvalue weighted by atomic mass is 9.87. The standard InChI is InChI=1S/C18H28N2O2/c1-18(2,3)14-7-8-16(21)15(13-14)19-17(22)9-12-20-10-5-4-6-11-20/h7-8,13,21H,4-6,9-12H2,1-3H3,(H,19,22). The van der Waals surface area contributed by atoms with Crippen molar-refractivity contribution in [2.75, 3.05) is 25.0 Å². The number of rotatable bonds is 4. The first kappa shape index (κ1) is 16.8. The van der Waals surface area contributed by atoms with E-state index in [4.69, 9.17) is 0 Å². The van der Waals surface area contributed by atoms with Crippen LogP contribution in [0.25, 0.3) is 0 Å². The number of aromatic hydroxyl groups is 1. The van der Waals surface area contributed by atoms with Gasteiger partial charge in [-0.3, -0.25) is 4.79 Å². The number of carbonyl (C=O) groups is 1. The summed E-state index contributed by atoms with van der Waals surface area (Å²) < 4.78 is 0. The molecule has 1 aromatic rings. The molecular weight excluding hydrogens is 276 g/mol.